The Hall–Kier alpha value is -1.40. The zero-order valence-electron chi connectivity index (χ0n) is 8.34. The summed E-state index contributed by atoms with van der Waals surface area (Å²) < 4.78 is 12.8. The van der Waals surface area contributed by atoms with E-state index < -0.39 is 11.4 Å². The third-order valence-corrected chi connectivity index (χ3v) is 2.45. The normalized spacial score (nSPS) is 14.5. The molecule has 1 rings (SSSR count). The molecule has 0 aliphatic rings. The maximum Gasteiger partial charge on any atom is 0.124 e. The first-order valence-electron chi connectivity index (χ1n) is 4.50. The van der Waals surface area contributed by atoms with Gasteiger partial charge in [-0.05, 0) is 31.0 Å². The van der Waals surface area contributed by atoms with Crippen molar-refractivity contribution >= 4 is 0 Å². The molecule has 2 nitrogen and oxygen atoms in total. The monoisotopic (exact) mass is 192 g/mol. The van der Waals surface area contributed by atoms with Crippen LogP contribution in [0.25, 0.3) is 0 Å². The predicted octanol–water partition coefficient (Wildman–Crippen LogP) is 2.28. The van der Waals surface area contributed by atoms with E-state index in [2.05, 4.69) is 0 Å². The summed E-state index contributed by atoms with van der Waals surface area (Å²) in [6.07, 6.45) is 0.702. The minimum Gasteiger partial charge on any atom is -0.322 e. The molecular weight excluding hydrogens is 179 g/mol. The van der Waals surface area contributed by atoms with Crippen LogP contribution in [0.15, 0.2) is 18.2 Å². The molecular formula is C11H13FN2. The molecule has 14 heavy (non-hydrogen) atoms. The molecule has 0 saturated heterocycles. The molecule has 0 spiro atoms. The Morgan fingerprint density at radius 1 is 1.57 bits per heavy atom. The van der Waals surface area contributed by atoms with Gasteiger partial charge in [-0.3, -0.25) is 0 Å². The van der Waals surface area contributed by atoms with Crippen molar-refractivity contribution in [2.45, 2.75) is 25.8 Å². The van der Waals surface area contributed by atoms with E-state index in [1.807, 2.05) is 19.9 Å². The van der Waals surface area contributed by atoms with Gasteiger partial charge >= 0.3 is 0 Å². The maximum absolute atomic E-state index is 12.8. The molecule has 0 amide bonds. The van der Waals surface area contributed by atoms with Gasteiger partial charge in [0.2, 0.25) is 0 Å². The lowest BCUT2D eigenvalue weighted by molar-refractivity contribution is 0.474. The molecule has 0 saturated carbocycles. The number of nitrogens with zero attached hydrogens (tertiary/aromatic N) is 1. The van der Waals surface area contributed by atoms with Crippen molar-refractivity contribution in [3.8, 4) is 6.07 Å². The van der Waals surface area contributed by atoms with Crippen LogP contribution in [-0.2, 0) is 5.54 Å². The lowest BCUT2D eigenvalue weighted by Crippen LogP contribution is -2.32. The second-order valence-corrected chi connectivity index (χ2v) is 3.57. The van der Waals surface area contributed by atoms with Gasteiger partial charge in [0.05, 0.1) is 11.6 Å². The molecule has 0 aliphatic heterocycles. The SMILES string of the molecule is CCC(C)(N)c1ccc(F)cc1C#N. The molecule has 0 aromatic heterocycles. The highest BCUT2D eigenvalue weighted by Crippen LogP contribution is 2.24. The first-order chi connectivity index (χ1) is 6.51. The molecule has 3 heteroatoms. The Kier molecular flexibility index (Phi) is 2.87. The van der Waals surface area contributed by atoms with Crippen LogP contribution in [0.3, 0.4) is 0 Å². The number of rotatable bonds is 2. The minimum atomic E-state index is -0.571. The van der Waals surface area contributed by atoms with Gasteiger partial charge in [-0.2, -0.15) is 5.26 Å². The number of nitriles is 1. The van der Waals surface area contributed by atoms with E-state index in [-0.39, 0.29) is 0 Å². The van der Waals surface area contributed by atoms with Crippen LogP contribution >= 0.6 is 0 Å². The third-order valence-electron chi connectivity index (χ3n) is 2.45. The quantitative estimate of drug-likeness (QED) is 0.781. The van der Waals surface area contributed by atoms with E-state index in [1.54, 1.807) is 6.07 Å². The van der Waals surface area contributed by atoms with Crippen molar-refractivity contribution in [2.75, 3.05) is 0 Å². The Bertz CT molecular complexity index is 377. The van der Waals surface area contributed by atoms with Gasteiger partial charge < -0.3 is 5.73 Å². The van der Waals surface area contributed by atoms with Crippen LogP contribution in [0.2, 0.25) is 0 Å². The molecule has 0 radical (unpaired) electrons. The highest BCUT2D eigenvalue weighted by Gasteiger charge is 2.22. The molecule has 1 aromatic carbocycles. The average molecular weight is 192 g/mol. The molecule has 2 N–H and O–H groups in total. The summed E-state index contributed by atoms with van der Waals surface area (Å²) in [7, 11) is 0. The fraction of sp³-hybridized carbons (Fsp3) is 0.364. The van der Waals surface area contributed by atoms with E-state index in [1.165, 1.54) is 12.1 Å². The van der Waals surface area contributed by atoms with Gasteiger partial charge in [0.1, 0.15) is 5.82 Å². The second kappa shape index (κ2) is 3.77. The number of benzene rings is 1. The number of nitrogens with two attached hydrogens (primary N) is 1. The smallest absolute Gasteiger partial charge is 0.124 e. The molecule has 1 unspecified atom stereocenters. The lowest BCUT2D eigenvalue weighted by atomic mass is 9.87. The highest BCUT2D eigenvalue weighted by molar-refractivity contribution is 5.41. The largest absolute Gasteiger partial charge is 0.322 e. The van der Waals surface area contributed by atoms with Crippen molar-refractivity contribution in [3.63, 3.8) is 0 Å². The summed E-state index contributed by atoms with van der Waals surface area (Å²) >= 11 is 0. The number of hydrogen-bond acceptors (Lipinski definition) is 2. The first kappa shape index (κ1) is 10.7. The van der Waals surface area contributed by atoms with Crippen LogP contribution in [0.5, 0.6) is 0 Å². The van der Waals surface area contributed by atoms with Crippen molar-refractivity contribution in [3.05, 3.63) is 35.1 Å². The van der Waals surface area contributed by atoms with Gasteiger partial charge in [0.25, 0.3) is 0 Å². The van der Waals surface area contributed by atoms with E-state index >= 15 is 0 Å². The van der Waals surface area contributed by atoms with Crippen LogP contribution in [0.1, 0.15) is 31.4 Å². The molecule has 0 aliphatic carbocycles. The van der Waals surface area contributed by atoms with Crippen LogP contribution in [0, 0.1) is 17.1 Å². The minimum absolute atomic E-state index is 0.317. The highest BCUT2D eigenvalue weighted by atomic mass is 19.1. The molecule has 1 atom stereocenters. The standard InChI is InChI=1S/C11H13FN2/c1-3-11(2,14)10-5-4-9(12)6-8(10)7-13/h4-6H,3,14H2,1-2H3. The van der Waals surface area contributed by atoms with Gasteiger partial charge in [0, 0.05) is 5.54 Å². The predicted molar refractivity (Wildman–Crippen MR) is 52.9 cm³/mol. The van der Waals surface area contributed by atoms with E-state index in [0.29, 0.717) is 17.5 Å². The van der Waals surface area contributed by atoms with Crippen LogP contribution in [-0.4, -0.2) is 0 Å². The van der Waals surface area contributed by atoms with Crippen molar-refractivity contribution in [1.29, 1.82) is 5.26 Å². The zero-order valence-corrected chi connectivity index (χ0v) is 8.34. The molecule has 1 aromatic rings. The summed E-state index contributed by atoms with van der Waals surface area (Å²) in [4.78, 5) is 0. The van der Waals surface area contributed by atoms with Gasteiger partial charge in [-0.25, -0.2) is 4.39 Å². The molecule has 0 heterocycles. The zero-order chi connectivity index (χ0) is 10.8. The number of halogens is 1. The van der Waals surface area contributed by atoms with Gasteiger partial charge in [-0.1, -0.05) is 13.0 Å². The van der Waals surface area contributed by atoms with Gasteiger partial charge in [0.15, 0.2) is 0 Å². The van der Waals surface area contributed by atoms with Crippen molar-refractivity contribution in [2.24, 2.45) is 5.73 Å². The third kappa shape index (κ3) is 1.91. The summed E-state index contributed by atoms with van der Waals surface area (Å²) in [5.41, 5.74) is 6.43. The topological polar surface area (TPSA) is 49.8 Å². The average Bonchev–Trinajstić information content (AvgIpc) is 2.17. The fourth-order valence-electron chi connectivity index (χ4n) is 1.30. The summed E-state index contributed by atoms with van der Waals surface area (Å²) in [6, 6.07) is 6.09. The maximum atomic E-state index is 12.8. The molecule has 0 fully saturated rings. The van der Waals surface area contributed by atoms with Crippen molar-refractivity contribution in [1.82, 2.24) is 0 Å². The fourth-order valence-corrected chi connectivity index (χ4v) is 1.30. The van der Waals surface area contributed by atoms with Gasteiger partial charge in [-0.15, -0.1) is 0 Å². The Morgan fingerprint density at radius 3 is 2.71 bits per heavy atom. The van der Waals surface area contributed by atoms with E-state index in [0.717, 1.165) is 0 Å². The van der Waals surface area contributed by atoms with Crippen LogP contribution < -0.4 is 5.73 Å². The molecule has 0 bridgehead atoms. The summed E-state index contributed by atoms with van der Waals surface area (Å²) in [6.45, 7) is 3.77. The van der Waals surface area contributed by atoms with Crippen LogP contribution in [0.4, 0.5) is 4.39 Å². The second-order valence-electron chi connectivity index (χ2n) is 3.57. The number of hydrogen-bond donors (Lipinski definition) is 1. The van der Waals surface area contributed by atoms with E-state index in [4.69, 9.17) is 11.0 Å². The Labute approximate surface area is 83.2 Å². The molecule has 74 valence electrons. The van der Waals surface area contributed by atoms with Crippen molar-refractivity contribution < 1.29 is 4.39 Å². The van der Waals surface area contributed by atoms with E-state index in [9.17, 15) is 4.39 Å². The Morgan fingerprint density at radius 2 is 2.21 bits per heavy atom. The Balaban J connectivity index is 3.29. The lowest BCUT2D eigenvalue weighted by Gasteiger charge is -2.24. The summed E-state index contributed by atoms with van der Waals surface area (Å²) in [5.74, 6) is -0.405. The first-order valence-corrected chi connectivity index (χ1v) is 4.50. The summed E-state index contributed by atoms with van der Waals surface area (Å²) in [5, 5.41) is 8.83.